The van der Waals surface area contributed by atoms with Gasteiger partial charge in [-0.2, -0.15) is 0 Å². The third-order valence-corrected chi connectivity index (χ3v) is 4.21. The molecule has 0 saturated heterocycles. The molecule has 8 nitrogen and oxygen atoms in total. The molecule has 1 aliphatic carbocycles. The quantitative estimate of drug-likeness (QED) is 0.278. The summed E-state index contributed by atoms with van der Waals surface area (Å²) in [4.78, 5) is 22.3. The van der Waals surface area contributed by atoms with Crippen LogP contribution in [0.2, 0.25) is 0 Å². The molecule has 1 atom stereocenters. The van der Waals surface area contributed by atoms with Crippen LogP contribution in [0.4, 0.5) is 9.18 Å². The minimum absolute atomic E-state index is 0.155. The van der Waals surface area contributed by atoms with E-state index in [-0.39, 0.29) is 6.42 Å². The van der Waals surface area contributed by atoms with Crippen molar-refractivity contribution in [3.63, 3.8) is 0 Å². The summed E-state index contributed by atoms with van der Waals surface area (Å²) < 4.78 is 30.7. The standard InChI is InChI=1S/C20H33FN2O6/c21-20(8-4-2-1-3-5-9-20)18(24)22-10-6-12-27-14-16-29-17-15-28-13-7-11-23-19(25)26/h23H,1-4,6-8,10-17H2,(H,22,24)(H,25,26). The number of nitrogens with one attached hydrogen (secondary N) is 2. The van der Waals surface area contributed by atoms with Gasteiger partial charge in [0.05, 0.1) is 26.4 Å². The van der Waals surface area contributed by atoms with Gasteiger partial charge in [-0.1, -0.05) is 18.3 Å². The van der Waals surface area contributed by atoms with E-state index in [4.69, 9.17) is 19.3 Å². The predicted octanol–water partition coefficient (Wildman–Crippen LogP) is 1.88. The highest BCUT2D eigenvalue weighted by Gasteiger charge is 2.36. The highest BCUT2D eigenvalue weighted by atomic mass is 19.1. The maximum Gasteiger partial charge on any atom is 0.404 e. The molecule has 0 aromatic rings. The second-order valence-electron chi connectivity index (χ2n) is 6.70. The largest absolute Gasteiger partial charge is 0.465 e. The Morgan fingerprint density at radius 2 is 1.48 bits per heavy atom. The average Bonchev–Trinajstić information content (AvgIpc) is 2.67. The van der Waals surface area contributed by atoms with Gasteiger partial charge in [-0.25, -0.2) is 9.18 Å². The summed E-state index contributed by atoms with van der Waals surface area (Å²) in [5.41, 5.74) is -2.07. The SMILES string of the molecule is O=C(O)NCCCOCCOCCOCCCNC(=O)C1(F)C#CCCCCC1. The highest BCUT2D eigenvalue weighted by Crippen LogP contribution is 2.22. The monoisotopic (exact) mass is 416 g/mol. The second-order valence-corrected chi connectivity index (χ2v) is 6.70. The first-order valence-electron chi connectivity index (χ1n) is 10.2. The molecule has 29 heavy (non-hydrogen) atoms. The molecule has 0 aromatic carbocycles. The first-order chi connectivity index (χ1) is 14.0. The minimum Gasteiger partial charge on any atom is -0.465 e. The fourth-order valence-electron chi connectivity index (χ4n) is 2.62. The maximum atomic E-state index is 14.6. The van der Waals surface area contributed by atoms with Gasteiger partial charge in [0.1, 0.15) is 0 Å². The lowest BCUT2D eigenvalue weighted by molar-refractivity contribution is -0.129. The van der Waals surface area contributed by atoms with Crippen LogP contribution in [0.25, 0.3) is 0 Å². The number of rotatable bonds is 15. The Bertz CT molecular complexity index is 537. The zero-order chi connectivity index (χ0) is 21.2. The van der Waals surface area contributed by atoms with Crippen LogP contribution in [0.5, 0.6) is 0 Å². The van der Waals surface area contributed by atoms with Gasteiger partial charge in [-0.15, -0.1) is 0 Å². The Morgan fingerprint density at radius 3 is 2.10 bits per heavy atom. The Labute approximate surface area is 171 Å². The van der Waals surface area contributed by atoms with Gasteiger partial charge in [-0.05, 0) is 25.7 Å². The van der Waals surface area contributed by atoms with Crippen LogP contribution < -0.4 is 10.6 Å². The maximum absolute atomic E-state index is 14.6. The molecule has 9 heteroatoms. The van der Waals surface area contributed by atoms with Crippen molar-refractivity contribution in [2.24, 2.45) is 0 Å². The molecule has 0 aliphatic heterocycles. The van der Waals surface area contributed by atoms with Crippen LogP contribution >= 0.6 is 0 Å². The first kappa shape index (κ1) is 25.1. The van der Waals surface area contributed by atoms with E-state index in [2.05, 4.69) is 22.5 Å². The van der Waals surface area contributed by atoms with Crippen molar-refractivity contribution in [2.45, 2.75) is 50.6 Å². The topological polar surface area (TPSA) is 106 Å². The number of hydrogen-bond acceptors (Lipinski definition) is 5. The minimum atomic E-state index is -2.07. The molecule has 1 unspecified atom stereocenters. The van der Waals surface area contributed by atoms with E-state index >= 15 is 0 Å². The molecule has 166 valence electrons. The highest BCUT2D eigenvalue weighted by molar-refractivity contribution is 5.88. The zero-order valence-corrected chi connectivity index (χ0v) is 17.0. The summed E-state index contributed by atoms with van der Waals surface area (Å²) in [7, 11) is 0. The third-order valence-electron chi connectivity index (χ3n) is 4.21. The molecule has 0 saturated carbocycles. The predicted molar refractivity (Wildman–Crippen MR) is 105 cm³/mol. The zero-order valence-electron chi connectivity index (χ0n) is 17.0. The number of carboxylic acid groups (broad SMARTS) is 1. The molecule has 0 bridgehead atoms. The summed E-state index contributed by atoms with van der Waals surface area (Å²) in [5.74, 6) is 4.60. The van der Waals surface area contributed by atoms with Crippen LogP contribution in [-0.4, -0.2) is 75.5 Å². The van der Waals surface area contributed by atoms with Crippen LogP contribution in [-0.2, 0) is 19.0 Å². The van der Waals surface area contributed by atoms with Crippen LogP contribution in [0.1, 0.15) is 44.9 Å². The van der Waals surface area contributed by atoms with Gasteiger partial charge in [0.2, 0.25) is 5.67 Å². The van der Waals surface area contributed by atoms with Crippen molar-refractivity contribution in [1.29, 1.82) is 0 Å². The molecule has 0 radical (unpaired) electrons. The lowest BCUT2D eigenvalue weighted by Gasteiger charge is -2.20. The van der Waals surface area contributed by atoms with E-state index in [0.717, 1.165) is 12.8 Å². The van der Waals surface area contributed by atoms with Gasteiger partial charge in [0, 0.05) is 39.1 Å². The third kappa shape index (κ3) is 13.0. The molecule has 0 heterocycles. The molecule has 0 aromatic heterocycles. The molecule has 3 N–H and O–H groups in total. The molecule has 1 rings (SSSR count). The second kappa shape index (κ2) is 16.0. The summed E-state index contributed by atoms with van der Waals surface area (Å²) in [6.45, 7) is 3.36. The van der Waals surface area contributed by atoms with Gasteiger partial charge in [-0.3, -0.25) is 4.79 Å². The number of halogens is 1. The van der Waals surface area contributed by atoms with E-state index in [1.54, 1.807) is 0 Å². The van der Waals surface area contributed by atoms with Crippen molar-refractivity contribution in [3.8, 4) is 11.8 Å². The molecule has 0 spiro atoms. The smallest absolute Gasteiger partial charge is 0.404 e. The Morgan fingerprint density at radius 1 is 0.897 bits per heavy atom. The lowest BCUT2D eigenvalue weighted by atomic mass is 9.94. The number of hydrogen-bond donors (Lipinski definition) is 3. The summed E-state index contributed by atoms with van der Waals surface area (Å²) in [6.07, 6.45) is 3.50. The fourth-order valence-corrected chi connectivity index (χ4v) is 2.62. The van der Waals surface area contributed by atoms with Gasteiger partial charge < -0.3 is 30.0 Å². The Kier molecular flexibility index (Phi) is 13.8. The number of carbonyl (C=O) groups excluding carboxylic acids is 1. The van der Waals surface area contributed by atoms with E-state index in [0.29, 0.717) is 78.4 Å². The van der Waals surface area contributed by atoms with Gasteiger partial charge >= 0.3 is 6.09 Å². The summed E-state index contributed by atoms with van der Waals surface area (Å²) in [5, 5.41) is 13.3. The van der Waals surface area contributed by atoms with E-state index < -0.39 is 17.7 Å². The first-order valence-corrected chi connectivity index (χ1v) is 10.2. The number of ether oxygens (including phenoxy) is 3. The van der Waals surface area contributed by atoms with Gasteiger partial charge in [0.15, 0.2) is 0 Å². The van der Waals surface area contributed by atoms with E-state index in [1.165, 1.54) is 0 Å². The van der Waals surface area contributed by atoms with Crippen LogP contribution in [0.15, 0.2) is 0 Å². The Balaban J connectivity index is 1.89. The van der Waals surface area contributed by atoms with E-state index in [1.807, 2.05) is 0 Å². The lowest BCUT2D eigenvalue weighted by Crippen LogP contribution is -2.43. The molecule has 1 aliphatic rings. The molecular weight excluding hydrogens is 383 g/mol. The van der Waals surface area contributed by atoms with Crippen LogP contribution in [0.3, 0.4) is 0 Å². The van der Waals surface area contributed by atoms with Crippen molar-refractivity contribution in [3.05, 3.63) is 0 Å². The average molecular weight is 416 g/mol. The molecule has 2 amide bonds. The summed E-state index contributed by atoms with van der Waals surface area (Å²) in [6, 6.07) is 0. The van der Waals surface area contributed by atoms with Crippen molar-refractivity contribution < 1.29 is 33.3 Å². The molecule has 0 fully saturated rings. The van der Waals surface area contributed by atoms with Crippen molar-refractivity contribution >= 4 is 12.0 Å². The Hall–Kier alpha value is -1.89. The number of alkyl halides is 1. The van der Waals surface area contributed by atoms with Crippen molar-refractivity contribution in [2.75, 3.05) is 52.7 Å². The number of carbonyl (C=O) groups is 2. The van der Waals surface area contributed by atoms with Crippen LogP contribution in [0, 0.1) is 11.8 Å². The fraction of sp³-hybridized carbons (Fsp3) is 0.800. The van der Waals surface area contributed by atoms with Gasteiger partial charge in [0.25, 0.3) is 5.91 Å². The van der Waals surface area contributed by atoms with E-state index in [9.17, 15) is 14.0 Å². The molecular formula is C20H33FN2O6. The normalized spacial score (nSPS) is 18.8. The summed E-state index contributed by atoms with van der Waals surface area (Å²) >= 11 is 0. The number of amides is 2. The van der Waals surface area contributed by atoms with Crippen molar-refractivity contribution in [1.82, 2.24) is 10.6 Å².